The fraction of sp³-hybridized carbons (Fsp3) is 0.562. The van der Waals surface area contributed by atoms with Crippen molar-refractivity contribution in [3.05, 3.63) is 35.9 Å². The maximum Gasteiger partial charge on any atom is 0.407 e. The molecular formula is C16H21NO4. The predicted octanol–water partition coefficient (Wildman–Crippen LogP) is 1.84. The third-order valence-electron chi connectivity index (χ3n) is 4.75. The van der Waals surface area contributed by atoms with E-state index in [2.05, 4.69) is 5.32 Å². The second-order valence-corrected chi connectivity index (χ2v) is 5.86. The van der Waals surface area contributed by atoms with Gasteiger partial charge in [-0.2, -0.15) is 0 Å². The van der Waals surface area contributed by atoms with Gasteiger partial charge in [0.1, 0.15) is 6.61 Å². The number of alkyl carbamates (subject to hydrolysis) is 1. The Morgan fingerprint density at radius 1 is 1.33 bits per heavy atom. The highest BCUT2D eigenvalue weighted by Crippen LogP contribution is 2.48. The van der Waals surface area contributed by atoms with Crippen molar-refractivity contribution in [3.8, 4) is 0 Å². The van der Waals surface area contributed by atoms with E-state index in [1.807, 2.05) is 30.3 Å². The van der Waals surface area contributed by atoms with E-state index in [1.54, 1.807) is 0 Å². The van der Waals surface area contributed by atoms with Crippen LogP contribution in [0.1, 0.15) is 24.8 Å². The van der Waals surface area contributed by atoms with Gasteiger partial charge in [0, 0.05) is 24.7 Å². The van der Waals surface area contributed by atoms with Gasteiger partial charge < -0.3 is 19.9 Å². The van der Waals surface area contributed by atoms with Crippen LogP contribution in [0, 0.1) is 5.41 Å². The van der Waals surface area contributed by atoms with Crippen LogP contribution >= 0.6 is 0 Å². The summed E-state index contributed by atoms with van der Waals surface area (Å²) in [4.78, 5) is 11.9. The van der Waals surface area contributed by atoms with Gasteiger partial charge in [-0.1, -0.05) is 30.3 Å². The first-order chi connectivity index (χ1) is 10.2. The van der Waals surface area contributed by atoms with Crippen LogP contribution in [-0.4, -0.2) is 36.6 Å². The number of aliphatic hydroxyl groups excluding tert-OH is 1. The van der Waals surface area contributed by atoms with E-state index in [0.717, 1.165) is 18.4 Å². The molecule has 1 spiro atoms. The molecule has 0 unspecified atom stereocenters. The van der Waals surface area contributed by atoms with Crippen LogP contribution in [0.25, 0.3) is 0 Å². The fourth-order valence-electron chi connectivity index (χ4n) is 3.31. The van der Waals surface area contributed by atoms with Gasteiger partial charge in [-0.05, 0) is 24.8 Å². The molecule has 1 saturated heterocycles. The molecule has 1 aromatic rings. The first-order valence-corrected chi connectivity index (χ1v) is 7.44. The molecule has 5 nitrogen and oxygen atoms in total. The second kappa shape index (κ2) is 6.03. The zero-order valence-corrected chi connectivity index (χ0v) is 12.0. The zero-order chi connectivity index (χ0) is 14.7. The van der Waals surface area contributed by atoms with Gasteiger partial charge in [0.15, 0.2) is 0 Å². The highest BCUT2D eigenvalue weighted by Gasteiger charge is 2.55. The minimum absolute atomic E-state index is 0.0142. The van der Waals surface area contributed by atoms with Crippen LogP contribution < -0.4 is 5.32 Å². The minimum atomic E-state index is -0.415. The summed E-state index contributed by atoms with van der Waals surface area (Å²) in [5.41, 5.74) is 0.742. The molecule has 2 aliphatic rings. The number of aliphatic hydroxyl groups is 1. The lowest BCUT2D eigenvalue weighted by Gasteiger charge is -2.55. The van der Waals surface area contributed by atoms with Gasteiger partial charge >= 0.3 is 6.09 Å². The lowest BCUT2D eigenvalue weighted by atomic mass is 9.58. The summed E-state index contributed by atoms with van der Waals surface area (Å²) in [6.07, 6.45) is 1.41. The smallest absolute Gasteiger partial charge is 0.407 e. The van der Waals surface area contributed by atoms with Crippen LogP contribution in [0.15, 0.2) is 30.3 Å². The molecule has 1 aliphatic carbocycles. The fourth-order valence-corrected chi connectivity index (χ4v) is 3.31. The highest BCUT2D eigenvalue weighted by molar-refractivity contribution is 5.68. The van der Waals surface area contributed by atoms with Crippen molar-refractivity contribution in [2.45, 2.75) is 38.0 Å². The number of hydrogen-bond acceptors (Lipinski definition) is 4. The SMILES string of the molecule is O=C(N[C@@H]1C[C@@H](O)C12CCOCC2)OCc1ccccc1. The van der Waals surface area contributed by atoms with Gasteiger partial charge in [-0.25, -0.2) is 4.79 Å². The third-order valence-corrected chi connectivity index (χ3v) is 4.75. The Balaban J connectivity index is 1.51. The van der Waals surface area contributed by atoms with Crippen molar-refractivity contribution in [1.29, 1.82) is 0 Å². The van der Waals surface area contributed by atoms with Gasteiger partial charge in [-0.15, -0.1) is 0 Å². The molecule has 1 aliphatic heterocycles. The molecule has 0 radical (unpaired) electrons. The third kappa shape index (κ3) is 2.89. The topological polar surface area (TPSA) is 67.8 Å². The molecule has 21 heavy (non-hydrogen) atoms. The lowest BCUT2D eigenvalue weighted by molar-refractivity contribution is -0.146. The Bertz CT molecular complexity index is 484. The maximum absolute atomic E-state index is 11.9. The molecule has 1 heterocycles. The second-order valence-electron chi connectivity index (χ2n) is 5.86. The van der Waals surface area contributed by atoms with E-state index >= 15 is 0 Å². The molecular weight excluding hydrogens is 270 g/mol. The van der Waals surface area contributed by atoms with Gasteiger partial charge in [0.05, 0.1) is 6.10 Å². The number of ether oxygens (including phenoxy) is 2. The largest absolute Gasteiger partial charge is 0.445 e. The molecule has 3 rings (SSSR count). The van der Waals surface area contributed by atoms with Crippen LogP contribution in [0.4, 0.5) is 4.79 Å². The van der Waals surface area contributed by atoms with E-state index in [9.17, 15) is 9.90 Å². The lowest BCUT2D eigenvalue weighted by Crippen LogP contribution is -2.65. The molecule has 5 heteroatoms. The highest BCUT2D eigenvalue weighted by atomic mass is 16.5. The van der Waals surface area contributed by atoms with E-state index in [0.29, 0.717) is 19.6 Å². The van der Waals surface area contributed by atoms with Crippen LogP contribution in [-0.2, 0) is 16.1 Å². The van der Waals surface area contributed by atoms with Crippen molar-refractivity contribution < 1.29 is 19.4 Å². The monoisotopic (exact) mass is 291 g/mol. The number of nitrogens with one attached hydrogen (secondary N) is 1. The number of rotatable bonds is 3. The molecule has 2 N–H and O–H groups in total. The summed E-state index contributed by atoms with van der Waals surface area (Å²) >= 11 is 0. The summed E-state index contributed by atoms with van der Waals surface area (Å²) in [5.74, 6) is 0. The van der Waals surface area contributed by atoms with Crippen molar-refractivity contribution in [2.24, 2.45) is 5.41 Å². The van der Waals surface area contributed by atoms with E-state index < -0.39 is 6.09 Å². The summed E-state index contributed by atoms with van der Waals surface area (Å²) in [7, 11) is 0. The molecule has 1 aromatic carbocycles. The molecule has 0 aromatic heterocycles. The minimum Gasteiger partial charge on any atom is -0.445 e. The number of carbonyl (C=O) groups is 1. The first kappa shape index (κ1) is 14.4. The van der Waals surface area contributed by atoms with Gasteiger partial charge in [0.25, 0.3) is 0 Å². The van der Waals surface area contributed by atoms with E-state index in [-0.39, 0.29) is 24.2 Å². The standard InChI is InChI=1S/C16H21NO4/c18-14-10-13(16(14)6-8-20-9-7-16)17-15(19)21-11-12-4-2-1-3-5-12/h1-5,13-14,18H,6-11H2,(H,17,19)/t13-,14-/m1/s1. The first-order valence-electron chi connectivity index (χ1n) is 7.44. The average molecular weight is 291 g/mol. The summed E-state index contributed by atoms with van der Waals surface area (Å²) in [6.45, 7) is 1.56. The van der Waals surface area contributed by atoms with E-state index in [1.165, 1.54) is 0 Å². The van der Waals surface area contributed by atoms with Crippen molar-refractivity contribution in [1.82, 2.24) is 5.32 Å². The molecule has 1 saturated carbocycles. The Morgan fingerprint density at radius 3 is 2.71 bits per heavy atom. The zero-order valence-electron chi connectivity index (χ0n) is 12.0. The van der Waals surface area contributed by atoms with Gasteiger partial charge in [0.2, 0.25) is 0 Å². The van der Waals surface area contributed by atoms with Crippen molar-refractivity contribution in [2.75, 3.05) is 13.2 Å². The summed E-state index contributed by atoms with van der Waals surface area (Å²) in [6, 6.07) is 9.57. The summed E-state index contributed by atoms with van der Waals surface area (Å²) < 4.78 is 10.6. The Morgan fingerprint density at radius 2 is 2.05 bits per heavy atom. The van der Waals surface area contributed by atoms with Gasteiger partial charge in [-0.3, -0.25) is 0 Å². The molecule has 114 valence electrons. The van der Waals surface area contributed by atoms with E-state index in [4.69, 9.17) is 9.47 Å². The molecule has 2 fully saturated rings. The number of benzene rings is 1. The molecule has 2 atom stereocenters. The Labute approximate surface area is 124 Å². The number of hydrogen-bond donors (Lipinski definition) is 2. The Hall–Kier alpha value is -1.59. The summed E-state index contributed by atoms with van der Waals surface area (Å²) in [5, 5.41) is 13.0. The van der Waals surface area contributed by atoms with Crippen molar-refractivity contribution in [3.63, 3.8) is 0 Å². The Kier molecular flexibility index (Phi) is 4.12. The average Bonchev–Trinajstić information content (AvgIpc) is 2.54. The van der Waals surface area contributed by atoms with Crippen molar-refractivity contribution >= 4 is 6.09 Å². The van der Waals surface area contributed by atoms with Crippen LogP contribution in [0.3, 0.4) is 0 Å². The maximum atomic E-state index is 11.9. The quantitative estimate of drug-likeness (QED) is 0.891. The van der Waals surface area contributed by atoms with Crippen LogP contribution in [0.5, 0.6) is 0 Å². The molecule has 0 bridgehead atoms. The number of carbonyl (C=O) groups excluding carboxylic acids is 1. The normalized spacial score (nSPS) is 26.9. The predicted molar refractivity (Wildman–Crippen MR) is 76.7 cm³/mol. The number of amides is 1. The van der Waals surface area contributed by atoms with Crippen LogP contribution in [0.2, 0.25) is 0 Å². The molecule has 1 amide bonds.